The number of imidazole rings is 1. The van der Waals surface area contributed by atoms with Crippen LogP contribution in [0.1, 0.15) is 15.9 Å². The topological polar surface area (TPSA) is 46.9 Å². The van der Waals surface area contributed by atoms with Crippen molar-refractivity contribution in [3.63, 3.8) is 0 Å². The third-order valence-corrected chi connectivity index (χ3v) is 3.87. The molecule has 2 aromatic rings. The first kappa shape index (κ1) is 14.4. The van der Waals surface area contributed by atoms with Crippen LogP contribution in [0.25, 0.3) is 0 Å². The van der Waals surface area contributed by atoms with Gasteiger partial charge >= 0.3 is 0 Å². The molecule has 0 aliphatic rings. The lowest BCUT2D eigenvalue weighted by molar-refractivity contribution is 0.0958. The molecule has 0 saturated carbocycles. The molecule has 0 aliphatic carbocycles. The number of carbonyl (C=O) groups excluding carboxylic acids is 1. The fourth-order valence-electron chi connectivity index (χ4n) is 1.71. The van der Waals surface area contributed by atoms with Crippen LogP contribution in [0.3, 0.4) is 0 Å². The lowest BCUT2D eigenvalue weighted by Gasteiger charge is -2.06. The molecule has 0 fully saturated rings. The summed E-state index contributed by atoms with van der Waals surface area (Å²) in [6.07, 6.45) is 5.36. The van der Waals surface area contributed by atoms with Crippen molar-refractivity contribution in [2.24, 2.45) is 7.05 Å². The maximum atomic E-state index is 11.9. The molecule has 4 nitrogen and oxygen atoms in total. The number of nitrogens with one attached hydrogen (secondary N) is 1. The second kappa shape index (κ2) is 6.96. The number of benzene rings is 1. The van der Waals surface area contributed by atoms with E-state index in [2.05, 4.69) is 16.9 Å². The molecule has 0 aliphatic heterocycles. The van der Waals surface area contributed by atoms with Crippen LogP contribution < -0.4 is 5.32 Å². The largest absolute Gasteiger partial charge is 0.349 e. The molecule has 1 aromatic carbocycles. The van der Waals surface area contributed by atoms with Gasteiger partial charge in [0.25, 0.3) is 5.91 Å². The highest BCUT2D eigenvalue weighted by atomic mass is 32.2. The Morgan fingerprint density at radius 3 is 3.10 bits per heavy atom. The van der Waals surface area contributed by atoms with Crippen LogP contribution in [-0.2, 0) is 12.8 Å². The summed E-state index contributed by atoms with van der Waals surface area (Å²) in [6, 6.07) is 7.64. The van der Waals surface area contributed by atoms with E-state index >= 15 is 0 Å². The first-order valence-electron chi connectivity index (χ1n) is 6.29. The number of nitrogens with zero attached hydrogens (tertiary/aromatic N) is 2. The number of amides is 1. The van der Waals surface area contributed by atoms with E-state index in [1.54, 1.807) is 24.0 Å². The van der Waals surface area contributed by atoms with Crippen LogP contribution in [0, 0.1) is 0 Å². The smallest absolute Gasteiger partial charge is 0.251 e. The number of aryl methyl sites for hydroxylation is 1. The molecular formula is C15H17N3OS. The van der Waals surface area contributed by atoms with Gasteiger partial charge in [-0.15, -0.1) is 6.58 Å². The number of carbonyl (C=O) groups is 1. The molecule has 5 heteroatoms. The number of aromatic nitrogens is 2. The van der Waals surface area contributed by atoms with Crippen molar-refractivity contribution in [3.8, 4) is 0 Å². The zero-order valence-corrected chi connectivity index (χ0v) is 12.2. The van der Waals surface area contributed by atoms with Gasteiger partial charge in [-0.3, -0.25) is 4.79 Å². The Morgan fingerprint density at radius 2 is 2.40 bits per heavy atom. The van der Waals surface area contributed by atoms with E-state index in [1.165, 1.54) is 0 Å². The predicted molar refractivity (Wildman–Crippen MR) is 81.7 cm³/mol. The van der Waals surface area contributed by atoms with E-state index in [1.807, 2.05) is 42.1 Å². The average Bonchev–Trinajstić information content (AvgIpc) is 2.88. The minimum atomic E-state index is -0.0752. The van der Waals surface area contributed by atoms with Crippen LogP contribution in [0.5, 0.6) is 0 Å². The quantitative estimate of drug-likeness (QED) is 0.656. The fraction of sp³-hybridized carbons (Fsp3) is 0.200. The van der Waals surface area contributed by atoms with Crippen LogP contribution in [0.15, 0.2) is 54.5 Å². The Balaban J connectivity index is 2.00. The van der Waals surface area contributed by atoms with E-state index in [0.29, 0.717) is 12.1 Å². The lowest BCUT2D eigenvalue weighted by Crippen LogP contribution is -2.23. The summed E-state index contributed by atoms with van der Waals surface area (Å²) in [5, 5.41) is 3.74. The number of rotatable bonds is 6. The molecule has 20 heavy (non-hydrogen) atoms. The molecule has 2 rings (SSSR count). The molecule has 104 valence electrons. The molecule has 0 spiro atoms. The first-order valence-corrected chi connectivity index (χ1v) is 7.27. The number of hydrogen-bond acceptors (Lipinski definition) is 3. The van der Waals surface area contributed by atoms with Crippen LogP contribution in [-0.4, -0.2) is 22.0 Å². The molecule has 1 heterocycles. The minimum absolute atomic E-state index is 0.0752. The van der Waals surface area contributed by atoms with Gasteiger partial charge in [-0.2, -0.15) is 0 Å². The molecule has 0 bridgehead atoms. The molecule has 1 aromatic heterocycles. The highest BCUT2D eigenvalue weighted by Crippen LogP contribution is 2.20. The van der Waals surface area contributed by atoms with Gasteiger partial charge < -0.3 is 9.88 Å². The Hall–Kier alpha value is -2.01. The summed E-state index contributed by atoms with van der Waals surface area (Å²) in [6.45, 7) is 4.06. The lowest BCUT2D eigenvalue weighted by atomic mass is 10.1. The van der Waals surface area contributed by atoms with E-state index in [0.717, 1.165) is 16.5 Å². The Morgan fingerprint density at radius 1 is 1.55 bits per heavy atom. The van der Waals surface area contributed by atoms with Gasteiger partial charge in [-0.1, -0.05) is 30.0 Å². The highest BCUT2D eigenvalue weighted by Gasteiger charge is 2.06. The van der Waals surface area contributed by atoms with Crippen molar-refractivity contribution in [1.29, 1.82) is 0 Å². The number of hydrogen-bond donors (Lipinski definition) is 1. The van der Waals surface area contributed by atoms with E-state index in [4.69, 9.17) is 0 Å². The van der Waals surface area contributed by atoms with E-state index < -0.39 is 0 Å². The predicted octanol–water partition coefficient (Wildman–Crippen LogP) is 2.63. The van der Waals surface area contributed by atoms with Gasteiger partial charge in [0, 0.05) is 37.3 Å². The maximum absolute atomic E-state index is 11.9. The zero-order chi connectivity index (χ0) is 14.4. The van der Waals surface area contributed by atoms with Crippen molar-refractivity contribution in [3.05, 3.63) is 60.4 Å². The van der Waals surface area contributed by atoms with E-state index in [9.17, 15) is 4.79 Å². The molecular weight excluding hydrogens is 270 g/mol. The SMILES string of the molecule is C=CCNC(=O)c1cccc(CSc2nccn2C)c1. The monoisotopic (exact) mass is 287 g/mol. The standard InChI is InChI=1S/C15H17N3OS/c1-3-7-16-14(19)13-6-4-5-12(10-13)11-20-15-17-8-9-18(15)2/h3-6,8-10H,1,7,11H2,2H3,(H,16,19). The van der Waals surface area contributed by atoms with Crippen molar-refractivity contribution >= 4 is 17.7 Å². The third kappa shape index (κ3) is 3.74. The third-order valence-electron chi connectivity index (χ3n) is 2.74. The second-order valence-corrected chi connectivity index (χ2v) is 5.25. The summed E-state index contributed by atoms with van der Waals surface area (Å²) >= 11 is 1.65. The van der Waals surface area contributed by atoms with Crippen LogP contribution >= 0.6 is 11.8 Å². The van der Waals surface area contributed by atoms with Crippen molar-refractivity contribution in [2.45, 2.75) is 10.9 Å². The second-order valence-electron chi connectivity index (χ2n) is 4.31. The maximum Gasteiger partial charge on any atom is 0.251 e. The average molecular weight is 287 g/mol. The molecule has 0 atom stereocenters. The van der Waals surface area contributed by atoms with Crippen molar-refractivity contribution in [1.82, 2.24) is 14.9 Å². The van der Waals surface area contributed by atoms with Gasteiger partial charge in [-0.05, 0) is 17.7 Å². The first-order chi connectivity index (χ1) is 9.70. The highest BCUT2D eigenvalue weighted by molar-refractivity contribution is 7.98. The summed E-state index contributed by atoms with van der Waals surface area (Å²) in [5.41, 5.74) is 1.77. The van der Waals surface area contributed by atoms with Gasteiger partial charge in [-0.25, -0.2) is 4.98 Å². The number of thioether (sulfide) groups is 1. The summed E-state index contributed by atoms with van der Waals surface area (Å²) in [7, 11) is 1.97. The molecule has 0 radical (unpaired) electrons. The Bertz CT molecular complexity index is 607. The summed E-state index contributed by atoms with van der Waals surface area (Å²) in [4.78, 5) is 16.1. The Kier molecular flexibility index (Phi) is 5.01. The Labute approximate surface area is 122 Å². The van der Waals surface area contributed by atoms with Gasteiger partial charge in [0.15, 0.2) is 5.16 Å². The molecule has 0 unspecified atom stereocenters. The van der Waals surface area contributed by atoms with Gasteiger partial charge in [0.1, 0.15) is 0 Å². The van der Waals surface area contributed by atoms with Gasteiger partial charge in [0.2, 0.25) is 0 Å². The van der Waals surface area contributed by atoms with Gasteiger partial charge in [0.05, 0.1) is 0 Å². The van der Waals surface area contributed by atoms with Crippen molar-refractivity contribution < 1.29 is 4.79 Å². The molecule has 0 saturated heterocycles. The molecule has 1 amide bonds. The summed E-state index contributed by atoms with van der Waals surface area (Å²) in [5.74, 6) is 0.710. The zero-order valence-electron chi connectivity index (χ0n) is 11.4. The van der Waals surface area contributed by atoms with E-state index in [-0.39, 0.29) is 5.91 Å². The van der Waals surface area contributed by atoms with Crippen LogP contribution in [0.2, 0.25) is 0 Å². The fourth-order valence-corrected chi connectivity index (χ4v) is 2.58. The normalized spacial score (nSPS) is 10.2. The molecule has 1 N–H and O–H groups in total. The van der Waals surface area contributed by atoms with Crippen molar-refractivity contribution in [2.75, 3.05) is 6.54 Å². The van der Waals surface area contributed by atoms with Crippen LogP contribution in [0.4, 0.5) is 0 Å². The minimum Gasteiger partial charge on any atom is -0.349 e. The summed E-state index contributed by atoms with van der Waals surface area (Å²) < 4.78 is 1.98.